The molecule has 2 atom stereocenters. The van der Waals surface area contributed by atoms with Gasteiger partial charge in [0.1, 0.15) is 0 Å². The van der Waals surface area contributed by atoms with Crippen LogP contribution in [-0.2, 0) is 11.0 Å². The van der Waals surface area contributed by atoms with Gasteiger partial charge in [0.2, 0.25) is 5.91 Å². The molecule has 0 aliphatic carbocycles. The van der Waals surface area contributed by atoms with Crippen molar-refractivity contribution in [3.63, 3.8) is 0 Å². The Morgan fingerprint density at radius 1 is 1.24 bits per heavy atom. The number of halogens is 4. The minimum Gasteiger partial charge on any atom is -0.355 e. The summed E-state index contributed by atoms with van der Waals surface area (Å²) in [5.74, 6) is -0.118. The molecule has 154 valence electrons. The van der Waals surface area contributed by atoms with Crippen LogP contribution < -0.4 is 5.32 Å². The molecule has 0 saturated heterocycles. The van der Waals surface area contributed by atoms with Crippen LogP contribution >= 0.6 is 23.4 Å². The van der Waals surface area contributed by atoms with E-state index in [0.29, 0.717) is 6.54 Å². The number of nitrogens with zero attached hydrogens (tertiary/aromatic N) is 3. The quantitative estimate of drug-likeness (QED) is 0.557. The van der Waals surface area contributed by atoms with Crippen LogP contribution in [0.25, 0.3) is 5.65 Å². The molecule has 5 nitrogen and oxygen atoms in total. The summed E-state index contributed by atoms with van der Waals surface area (Å²) in [5.41, 5.74) is 0.295. The monoisotopic (exact) mass is 442 g/mol. The number of pyridine rings is 1. The molecule has 1 aromatic carbocycles. The molecule has 0 bridgehead atoms. The molecule has 10 heteroatoms. The normalized spacial score (nSPS) is 14.0. The number of aromatic nitrogens is 3. The maximum atomic E-state index is 13.1. The zero-order chi connectivity index (χ0) is 21.2. The second-order valence-electron chi connectivity index (χ2n) is 6.57. The fourth-order valence-corrected chi connectivity index (χ4v) is 3.77. The van der Waals surface area contributed by atoms with Crippen LogP contribution in [-0.4, -0.2) is 32.3 Å². The molecule has 2 unspecified atom stereocenters. The van der Waals surface area contributed by atoms with Gasteiger partial charge in [0.25, 0.3) is 0 Å². The van der Waals surface area contributed by atoms with Crippen LogP contribution in [0.2, 0.25) is 5.02 Å². The molecular formula is C19H18ClF3N4OS. The van der Waals surface area contributed by atoms with Crippen LogP contribution in [0.5, 0.6) is 0 Å². The van der Waals surface area contributed by atoms with E-state index in [-0.39, 0.29) is 27.7 Å². The maximum Gasteiger partial charge on any atom is 0.417 e. The van der Waals surface area contributed by atoms with E-state index in [9.17, 15) is 18.0 Å². The lowest BCUT2D eigenvalue weighted by atomic mass is 10.0. The van der Waals surface area contributed by atoms with Gasteiger partial charge in [-0.1, -0.05) is 60.6 Å². The molecule has 3 aromatic rings. The van der Waals surface area contributed by atoms with Gasteiger partial charge in [-0.15, -0.1) is 10.2 Å². The Hall–Kier alpha value is -2.26. The Morgan fingerprint density at radius 3 is 2.59 bits per heavy atom. The number of hydrogen-bond donors (Lipinski definition) is 1. The minimum atomic E-state index is -4.55. The van der Waals surface area contributed by atoms with Crippen LogP contribution in [0.1, 0.15) is 30.9 Å². The van der Waals surface area contributed by atoms with Crippen molar-refractivity contribution in [3.8, 4) is 0 Å². The Morgan fingerprint density at radius 2 is 1.93 bits per heavy atom. The van der Waals surface area contributed by atoms with E-state index in [0.717, 1.165) is 34.0 Å². The summed E-state index contributed by atoms with van der Waals surface area (Å²) < 4.78 is 40.3. The number of hydrogen-bond acceptors (Lipinski definition) is 4. The molecule has 0 aliphatic heterocycles. The van der Waals surface area contributed by atoms with Gasteiger partial charge < -0.3 is 5.32 Å². The number of carbonyl (C=O) groups excluding carboxylic acids is 1. The second-order valence-corrected chi connectivity index (χ2v) is 8.28. The Balaban J connectivity index is 1.70. The first-order valence-corrected chi connectivity index (χ1v) is 10.0. The standard InChI is InChI=1S/C19H18ClF3N4OS/c1-11(13-6-4-3-5-7-13)9-24-17(28)12(2)29-18-26-25-16-15(20)8-14(10-27(16)18)19(21,22)23/h3-8,10-12H,9H2,1-2H3,(H,24,28). The van der Waals surface area contributed by atoms with Crippen molar-refractivity contribution in [2.24, 2.45) is 0 Å². The summed E-state index contributed by atoms with van der Waals surface area (Å²) in [4.78, 5) is 12.4. The van der Waals surface area contributed by atoms with E-state index in [1.54, 1.807) is 6.92 Å². The fourth-order valence-electron chi connectivity index (χ4n) is 2.68. The van der Waals surface area contributed by atoms with Crippen LogP contribution in [0.3, 0.4) is 0 Å². The number of amides is 1. The summed E-state index contributed by atoms with van der Waals surface area (Å²) in [6.45, 7) is 4.10. The molecular weight excluding hydrogens is 425 g/mol. The van der Waals surface area contributed by atoms with E-state index in [1.807, 2.05) is 37.3 Å². The van der Waals surface area contributed by atoms with Gasteiger partial charge >= 0.3 is 6.18 Å². The molecule has 2 aromatic heterocycles. The van der Waals surface area contributed by atoms with Gasteiger partial charge in [-0.2, -0.15) is 13.2 Å². The van der Waals surface area contributed by atoms with E-state index in [4.69, 9.17) is 11.6 Å². The summed E-state index contributed by atoms with van der Waals surface area (Å²) in [6, 6.07) is 10.6. The molecule has 2 heterocycles. The molecule has 3 rings (SSSR count). The number of nitrogens with one attached hydrogen (secondary N) is 1. The first-order chi connectivity index (χ1) is 13.7. The predicted molar refractivity (Wildman–Crippen MR) is 106 cm³/mol. The number of fused-ring (bicyclic) bond motifs is 1. The van der Waals surface area contributed by atoms with Gasteiger partial charge in [0.15, 0.2) is 10.8 Å². The second kappa shape index (κ2) is 8.62. The topological polar surface area (TPSA) is 59.3 Å². The SMILES string of the molecule is CC(Sc1nnc2c(Cl)cc(C(F)(F)F)cn12)C(=O)NCC(C)c1ccccc1. The fraction of sp³-hybridized carbons (Fsp3) is 0.316. The average Bonchev–Trinajstić information content (AvgIpc) is 3.09. The summed E-state index contributed by atoms with van der Waals surface area (Å²) in [6.07, 6.45) is -3.67. The first-order valence-electron chi connectivity index (χ1n) is 8.77. The van der Waals surface area contributed by atoms with Crippen molar-refractivity contribution >= 4 is 34.9 Å². The van der Waals surface area contributed by atoms with Gasteiger partial charge in [-0.05, 0) is 24.5 Å². The number of rotatable bonds is 6. The summed E-state index contributed by atoms with van der Waals surface area (Å²) >= 11 is 6.93. The van der Waals surface area contributed by atoms with Crippen molar-refractivity contribution < 1.29 is 18.0 Å². The third-order valence-electron chi connectivity index (χ3n) is 4.36. The zero-order valence-corrected chi connectivity index (χ0v) is 17.1. The largest absolute Gasteiger partial charge is 0.417 e. The third kappa shape index (κ3) is 5.02. The molecule has 0 radical (unpaired) electrons. The van der Waals surface area contributed by atoms with Crippen molar-refractivity contribution in [3.05, 3.63) is 58.7 Å². The highest BCUT2D eigenvalue weighted by Crippen LogP contribution is 2.33. The van der Waals surface area contributed by atoms with Gasteiger partial charge in [0, 0.05) is 12.7 Å². The van der Waals surface area contributed by atoms with Crippen molar-refractivity contribution in [1.82, 2.24) is 19.9 Å². The highest BCUT2D eigenvalue weighted by atomic mass is 35.5. The third-order valence-corrected chi connectivity index (χ3v) is 5.69. The van der Waals surface area contributed by atoms with E-state index < -0.39 is 17.0 Å². The van der Waals surface area contributed by atoms with E-state index in [1.165, 1.54) is 0 Å². The lowest BCUT2D eigenvalue weighted by molar-refractivity contribution is -0.137. The highest BCUT2D eigenvalue weighted by Gasteiger charge is 2.32. The minimum absolute atomic E-state index is 0.104. The van der Waals surface area contributed by atoms with Gasteiger partial charge in [0.05, 0.1) is 15.8 Å². The number of carbonyl (C=O) groups is 1. The maximum absolute atomic E-state index is 13.1. The Bertz CT molecular complexity index is 1010. The lowest BCUT2D eigenvalue weighted by Crippen LogP contribution is -2.33. The number of alkyl halides is 3. The predicted octanol–water partition coefficient (Wildman–Crippen LogP) is 4.80. The van der Waals surface area contributed by atoms with Gasteiger partial charge in [-0.25, -0.2) is 0 Å². The average molecular weight is 443 g/mol. The number of benzene rings is 1. The van der Waals surface area contributed by atoms with Crippen molar-refractivity contribution in [2.75, 3.05) is 6.54 Å². The summed E-state index contributed by atoms with van der Waals surface area (Å²) in [5, 5.41) is 10.00. The van der Waals surface area contributed by atoms with E-state index in [2.05, 4.69) is 15.5 Å². The Labute approximate surface area is 174 Å². The molecule has 0 fully saturated rings. The molecule has 0 aliphatic rings. The molecule has 0 saturated carbocycles. The van der Waals surface area contributed by atoms with Crippen molar-refractivity contribution in [1.29, 1.82) is 0 Å². The van der Waals surface area contributed by atoms with Crippen LogP contribution in [0.15, 0.2) is 47.8 Å². The smallest absolute Gasteiger partial charge is 0.355 e. The van der Waals surface area contributed by atoms with Crippen molar-refractivity contribution in [2.45, 2.75) is 36.3 Å². The Kier molecular flexibility index (Phi) is 6.38. The van der Waals surface area contributed by atoms with E-state index >= 15 is 0 Å². The molecule has 1 amide bonds. The van der Waals surface area contributed by atoms with Crippen LogP contribution in [0, 0.1) is 0 Å². The molecule has 0 spiro atoms. The zero-order valence-electron chi connectivity index (χ0n) is 15.6. The number of thioether (sulfide) groups is 1. The van der Waals surface area contributed by atoms with Gasteiger partial charge in [-0.3, -0.25) is 9.20 Å². The molecule has 1 N–H and O–H groups in total. The lowest BCUT2D eigenvalue weighted by Gasteiger charge is -2.15. The van der Waals surface area contributed by atoms with Crippen LogP contribution in [0.4, 0.5) is 13.2 Å². The first kappa shape index (κ1) is 21.4. The highest BCUT2D eigenvalue weighted by molar-refractivity contribution is 8.00. The molecule has 29 heavy (non-hydrogen) atoms. The summed E-state index contributed by atoms with van der Waals surface area (Å²) in [7, 11) is 0.